The summed E-state index contributed by atoms with van der Waals surface area (Å²) in [6.07, 6.45) is 5.67. The van der Waals surface area contributed by atoms with Crippen LogP contribution in [0.4, 0.5) is 11.5 Å². The number of aliphatic hydroxyl groups is 1. The minimum atomic E-state index is 0.576. The Kier molecular flexibility index (Phi) is 5.60. The highest BCUT2D eigenvalue weighted by atomic mass is 35.5. The molecule has 1 aromatic heterocycles. The Morgan fingerprint density at radius 1 is 1.35 bits per heavy atom. The number of halogens is 1. The van der Waals surface area contributed by atoms with Gasteiger partial charge in [0, 0.05) is 16.3 Å². The molecule has 23 heavy (non-hydrogen) atoms. The van der Waals surface area contributed by atoms with Crippen LogP contribution in [0.15, 0.2) is 36.5 Å². The fourth-order valence-electron chi connectivity index (χ4n) is 1.98. The van der Waals surface area contributed by atoms with E-state index in [-0.39, 0.29) is 0 Å². The van der Waals surface area contributed by atoms with E-state index in [4.69, 9.17) is 21.4 Å². The summed E-state index contributed by atoms with van der Waals surface area (Å²) < 4.78 is 5.20. The van der Waals surface area contributed by atoms with Crippen LogP contribution < -0.4 is 5.32 Å². The monoisotopic (exact) mass is 331 g/mol. The smallest absolute Gasteiger partial charge is 0.141 e. The zero-order valence-electron chi connectivity index (χ0n) is 13.2. The molecular weight excluding hydrogens is 314 g/mol. The Morgan fingerprint density at radius 2 is 2.13 bits per heavy atom. The van der Waals surface area contributed by atoms with Crippen molar-refractivity contribution in [2.24, 2.45) is 0 Å². The standard InChI is InChI=1S/C17H18ClN3O2/c1-11-8-13(4-5-15(11)18)21-17-14(9-12(2)23-3)16(6-7-22)19-10-20-17/h4-10,22H,1-3H3,(H,19,20,21)/b7-6+,12-9+. The average molecular weight is 332 g/mol. The van der Waals surface area contributed by atoms with Crippen LogP contribution in [-0.4, -0.2) is 22.2 Å². The van der Waals surface area contributed by atoms with Gasteiger partial charge in [0.1, 0.15) is 12.1 Å². The van der Waals surface area contributed by atoms with Gasteiger partial charge in [0.2, 0.25) is 0 Å². The van der Waals surface area contributed by atoms with Crippen molar-refractivity contribution in [2.45, 2.75) is 13.8 Å². The van der Waals surface area contributed by atoms with Crippen LogP contribution in [0.1, 0.15) is 23.7 Å². The van der Waals surface area contributed by atoms with Gasteiger partial charge < -0.3 is 15.2 Å². The molecule has 1 aromatic carbocycles. The summed E-state index contributed by atoms with van der Waals surface area (Å²) in [5.41, 5.74) is 3.11. The highest BCUT2D eigenvalue weighted by Gasteiger charge is 2.09. The summed E-state index contributed by atoms with van der Waals surface area (Å²) in [5.74, 6) is 1.30. The minimum Gasteiger partial charge on any atom is -0.516 e. The van der Waals surface area contributed by atoms with Crippen LogP contribution in [-0.2, 0) is 4.74 Å². The number of nitrogens with one attached hydrogen (secondary N) is 1. The zero-order chi connectivity index (χ0) is 16.8. The molecule has 6 heteroatoms. The molecule has 0 aliphatic heterocycles. The van der Waals surface area contributed by atoms with Crippen LogP contribution in [0.5, 0.6) is 0 Å². The number of allylic oxidation sites excluding steroid dienone is 1. The number of methoxy groups -OCH3 is 1. The summed E-state index contributed by atoms with van der Waals surface area (Å²) >= 11 is 6.05. The highest BCUT2D eigenvalue weighted by molar-refractivity contribution is 6.31. The Hall–Kier alpha value is -2.53. The molecule has 0 bridgehead atoms. The molecule has 0 aliphatic rings. The molecule has 5 nitrogen and oxygen atoms in total. The number of benzene rings is 1. The van der Waals surface area contributed by atoms with Crippen LogP contribution in [0.25, 0.3) is 12.2 Å². The van der Waals surface area contributed by atoms with Gasteiger partial charge in [-0.2, -0.15) is 0 Å². The Balaban J connectivity index is 2.48. The SMILES string of the molecule is CO/C(C)=C/c1c(/C=C/O)ncnc1Nc1ccc(Cl)c(C)c1. The molecule has 2 rings (SSSR count). The van der Waals surface area contributed by atoms with Gasteiger partial charge in [0.05, 0.1) is 24.8 Å². The first-order valence-corrected chi connectivity index (χ1v) is 7.34. The van der Waals surface area contributed by atoms with Crippen LogP contribution in [0.2, 0.25) is 5.02 Å². The van der Waals surface area contributed by atoms with Crippen molar-refractivity contribution in [3.8, 4) is 0 Å². The quantitative estimate of drug-likeness (QED) is 0.776. The maximum Gasteiger partial charge on any atom is 0.141 e. The number of aromatic nitrogens is 2. The summed E-state index contributed by atoms with van der Waals surface area (Å²) in [6.45, 7) is 3.76. The summed E-state index contributed by atoms with van der Waals surface area (Å²) in [7, 11) is 1.59. The number of aryl methyl sites for hydroxylation is 1. The number of ether oxygens (including phenoxy) is 1. The van der Waals surface area contributed by atoms with Gasteiger partial charge in [0.25, 0.3) is 0 Å². The summed E-state index contributed by atoms with van der Waals surface area (Å²) in [4.78, 5) is 8.46. The Morgan fingerprint density at radius 3 is 2.78 bits per heavy atom. The van der Waals surface area contributed by atoms with E-state index in [0.29, 0.717) is 27.9 Å². The molecule has 0 unspecified atom stereocenters. The number of hydrogen-bond donors (Lipinski definition) is 2. The third kappa shape index (κ3) is 4.23. The number of aliphatic hydroxyl groups excluding tert-OH is 1. The predicted octanol–water partition coefficient (Wildman–Crippen LogP) is 4.72. The fourth-order valence-corrected chi connectivity index (χ4v) is 2.09. The molecule has 2 N–H and O–H groups in total. The minimum absolute atomic E-state index is 0.576. The van der Waals surface area contributed by atoms with Gasteiger partial charge in [0.15, 0.2) is 0 Å². The molecule has 0 amide bonds. The first kappa shape index (κ1) is 16.8. The van der Waals surface area contributed by atoms with Gasteiger partial charge in [-0.05, 0) is 49.8 Å². The second-order valence-corrected chi connectivity index (χ2v) is 5.29. The van der Waals surface area contributed by atoms with Crippen LogP contribution in [0.3, 0.4) is 0 Å². The lowest BCUT2D eigenvalue weighted by atomic mass is 10.1. The van der Waals surface area contributed by atoms with E-state index in [0.717, 1.165) is 17.5 Å². The van der Waals surface area contributed by atoms with E-state index in [2.05, 4.69) is 15.3 Å². The lowest BCUT2D eigenvalue weighted by Crippen LogP contribution is -2.01. The van der Waals surface area contributed by atoms with E-state index >= 15 is 0 Å². The Bertz CT molecular complexity index is 757. The number of hydrogen-bond acceptors (Lipinski definition) is 5. The first-order chi connectivity index (χ1) is 11.0. The molecule has 0 saturated heterocycles. The molecule has 120 valence electrons. The van der Waals surface area contributed by atoms with Gasteiger partial charge >= 0.3 is 0 Å². The van der Waals surface area contributed by atoms with Crippen molar-refractivity contribution in [3.05, 3.63) is 58.4 Å². The first-order valence-electron chi connectivity index (χ1n) is 6.96. The fraction of sp³-hybridized carbons (Fsp3) is 0.176. The van der Waals surface area contributed by atoms with E-state index < -0.39 is 0 Å². The largest absolute Gasteiger partial charge is 0.516 e. The van der Waals surface area contributed by atoms with Crippen molar-refractivity contribution >= 4 is 35.3 Å². The van der Waals surface area contributed by atoms with Crippen molar-refractivity contribution in [3.63, 3.8) is 0 Å². The molecule has 2 aromatic rings. The predicted molar refractivity (Wildman–Crippen MR) is 93.8 cm³/mol. The maximum absolute atomic E-state index is 9.06. The molecule has 0 saturated carbocycles. The molecule has 0 spiro atoms. The van der Waals surface area contributed by atoms with Gasteiger partial charge in [-0.15, -0.1) is 0 Å². The van der Waals surface area contributed by atoms with Crippen LogP contribution >= 0.6 is 11.6 Å². The third-order valence-corrected chi connectivity index (χ3v) is 3.66. The normalized spacial score (nSPS) is 11.7. The number of rotatable bonds is 5. The lowest BCUT2D eigenvalue weighted by Gasteiger charge is -2.12. The average Bonchev–Trinajstić information content (AvgIpc) is 2.54. The van der Waals surface area contributed by atoms with Crippen molar-refractivity contribution < 1.29 is 9.84 Å². The van der Waals surface area contributed by atoms with Gasteiger partial charge in [-0.3, -0.25) is 0 Å². The molecule has 0 atom stereocenters. The second-order valence-electron chi connectivity index (χ2n) is 4.89. The molecule has 0 fully saturated rings. The molecular formula is C17H18ClN3O2. The summed E-state index contributed by atoms with van der Waals surface area (Å²) in [6, 6.07) is 5.63. The molecule has 0 aliphatic carbocycles. The van der Waals surface area contributed by atoms with Gasteiger partial charge in [-0.25, -0.2) is 9.97 Å². The third-order valence-electron chi connectivity index (χ3n) is 3.24. The zero-order valence-corrected chi connectivity index (χ0v) is 13.9. The lowest BCUT2D eigenvalue weighted by molar-refractivity contribution is 0.297. The topological polar surface area (TPSA) is 67.3 Å². The van der Waals surface area contributed by atoms with E-state index in [1.807, 2.05) is 32.0 Å². The maximum atomic E-state index is 9.06. The highest BCUT2D eigenvalue weighted by Crippen LogP contribution is 2.26. The molecule has 1 heterocycles. The van der Waals surface area contributed by atoms with Crippen molar-refractivity contribution in [1.82, 2.24) is 9.97 Å². The van der Waals surface area contributed by atoms with E-state index in [1.165, 1.54) is 12.4 Å². The number of nitrogens with zero attached hydrogens (tertiary/aromatic N) is 2. The van der Waals surface area contributed by atoms with Crippen molar-refractivity contribution in [1.29, 1.82) is 0 Å². The Labute approximate surface area is 140 Å². The molecule has 0 radical (unpaired) electrons. The number of anilines is 2. The summed E-state index contributed by atoms with van der Waals surface area (Å²) in [5, 5.41) is 13.0. The van der Waals surface area contributed by atoms with Crippen LogP contribution in [0, 0.1) is 6.92 Å². The second kappa shape index (κ2) is 7.65. The van der Waals surface area contributed by atoms with Gasteiger partial charge in [-0.1, -0.05) is 11.6 Å². The van der Waals surface area contributed by atoms with E-state index in [9.17, 15) is 0 Å². The van der Waals surface area contributed by atoms with Crippen molar-refractivity contribution in [2.75, 3.05) is 12.4 Å². The van der Waals surface area contributed by atoms with E-state index in [1.54, 1.807) is 13.2 Å².